The van der Waals surface area contributed by atoms with E-state index in [1.165, 1.54) is 19.1 Å². The minimum absolute atomic E-state index is 0.0409. The standard InChI is InChI=1S/C25H24BrNO6/c1-4-5-11-27-21(16-7-6-8-18(31-2)24(16)32-3)20(23(29)25(27)30)22(28)19-13-14-12-15(26)9-10-17(14)33-19/h6-10,12-13,21,29H,4-5,11H2,1-3H3. The van der Waals surface area contributed by atoms with Crippen LogP contribution in [0.2, 0.25) is 0 Å². The first-order valence-electron chi connectivity index (χ1n) is 10.6. The molecule has 8 heteroatoms. The number of carbonyl (C=O) groups is 2. The summed E-state index contributed by atoms with van der Waals surface area (Å²) in [6.45, 7) is 2.38. The molecule has 1 atom stereocenters. The van der Waals surface area contributed by atoms with Gasteiger partial charge in [0.15, 0.2) is 23.0 Å². The molecular weight excluding hydrogens is 490 g/mol. The van der Waals surface area contributed by atoms with Crippen LogP contribution >= 0.6 is 15.9 Å². The molecule has 2 heterocycles. The number of nitrogens with zero attached hydrogens (tertiary/aromatic N) is 1. The van der Waals surface area contributed by atoms with Crippen LogP contribution in [0.15, 0.2) is 62.7 Å². The molecule has 33 heavy (non-hydrogen) atoms. The Hall–Kier alpha value is -3.26. The van der Waals surface area contributed by atoms with Gasteiger partial charge in [0.1, 0.15) is 5.58 Å². The Labute approximate surface area is 199 Å². The zero-order valence-electron chi connectivity index (χ0n) is 18.6. The first-order valence-corrected chi connectivity index (χ1v) is 11.4. The molecule has 1 aliphatic rings. The topological polar surface area (TPSA) is 89.2 Å². The lowest BCUT2D eigenvalue weighted by Crippen LogP contribution is -2.32. The number of Topliss-reactive ketones (excluding diaryl/α,β-unsaturated/α-hetero) is 1. The van der Waals surface area contributed by atoms with Crippen LogP contribution in [-0.4, -0.2) is 42.5 Å². The lowest BCUT2D eigenvalue weighted by Gasteiger charge is -2.28. The maximum absolute atomic E-state index is 13.6. The van der Waals surface area contributed by atoms with E-state index in [-0.39, 0.29) is 11.3 Å². The van der Waals surface area contributed by atoms with Gasteiger partial charge in [-0.1, -0.05) is 41.4 Å². The van der Waals surface area contributed by atoms with Gasteiger partial charge in [-0.15, -0.1) is 0 Å². The van der Waals surface area contributed by atoms with Gasteiger partial charge in [-0.2, -0.15) is 0 Å². The highest BCUT2D eigenvalue weighted by Crippen LogP contribution is 2.45. The van der Waals surface area contributed by atoms with Gasteiger partial charge in [0, 0.05) is 22.0 Å². The summed E-state index contributed by atoms with van der Waals surface area (Å²) in [5.74, 6) is -0.825. The molecule has 1 N–H and O–H groups in total. The number of methoxy groups -OCH3 is 2. The molecule has 1 unspecified atom stereocenters. The molecule has 0 aliphatic carbocycles. The minimum Gasteiger partial charge on any atom is -0.503 e. The highest BCUT2D eigenvalue weighted by molar-refractivity contribution is 9.10. The van der Waals surface area contributed by atoms with E-state index in [1.54, 1.807) is 30.3 Å². The van der Waals surface area contributed by atoms with Gasteiger partial charge >= 0.3 is 0 Å². The normalized spacial score (nSPS) is 16.1. The van der Waals surface area contributed by atoms with E-state index < -0.39 is 23.5 Å². The van der Waals surface area contributed by atoms with Gasteiger partial charge in [-0.25, -0.2) is 0 Å². The molecule has 172 valence electrons. The summed E-state index contributed by atoms with van der Waals surface area (Å²) < 4.78 is 17.6. The molecule has 1 amide bonds. The fourth-order valence-corrected chi connectivity index (χ4v) is 4.53. The van der Waals surface area contributed by atoms with Crippen LogP contribution in [0, 0.1) is 0 Å². The third kappa shape index (κ3) is 3.99. The lowest BCUT2D eigenvalue weighted by atomic mass is 9.94. The average molecular weight is 514 g/mol. The molecule has 2 aromatic carbocycles. The fraction of sp³-hybridized carbons (Fsp3) is 0.280. The number of furan rings is 1. The van der Waals surface area contributed by atoms with E-state index in [0.717, 1.165) is 16.3 Å². The number of aliphatic hydroxyl groups excluding tert-OH is 1. The van der Waals surface area contributed by atoms with Crippen LogP contribution < -0.4 is 9.47 Å². The Balaban J connectivity index is 1.86. The molecule has 4 rings (SSSR count). The van der Waals surface area contributed by atoms with Crippen molar-refractivity contribution in [2.24, 2.45) is 0 Å². The molecule has 0 spiro atoms. The summed E-state index contributed by atoms with van der Waals surface area (Å²) in [7, 11) is 3.01. The van der Waals surface area contributed by atoms with Gasteiger partial charge < -0.3 is 23.9 Å². The summed E-state index contributed by atoms with van der Waals surface area (Å²) in [5, 5.41) is 11.6. The number of para-hydroxylation sites is 1. The minimum atomic E-state index is -0.846. The lowest BCUT2D eigenvalue weighted by molar-refractivity contribution is -0.129. The van der Waals surface area contributed by atoms with Crippen molar-refractivity contribution in [3.8, 4) is 11.5 Å². The predicted molar refractivity (Wildman–Crippen MR) is 127 cm³/mol. The van der Waals surface area contributed by atoms with Crippen LogP contribution in [0.3, 0.4) is 0 Å². The molecular formula is C25H24BrNO6. The largest absolute Gasteiger partial charge is 0.503 e. The molecule has 0 saturated heterocycles. The maximum atomic E-state index is 13.6. The number of fused-ring (bicyclic) bond motifs is 1. The van der Waals surface area contributed by atoms with Gasteiger partial charge in [-0.3, -0.25) is 9.59 Å². The number of carbonyl (C=O) groups excluding carboxylic acids is 2. The monoisotopic (exact) mass is 513 g/mol. The Morgan fingerprint density at radius 1 is 1.18 bits per heavy atom. The Morgan fingerprint density at radius 3 is 2.67 bits per heavy atom. The molecule has 3 aromatic rings. The number of benzene rings is 2. The Bertz CT molecular complexity index is 1260. The van der Waals surface area contributed by atoms with E-state index >= 15 is 0 Å². The Morgan fingerprint density at radius 2 is 1.97 bits per heavy atom. The molecule has 0 bridgehead atoms. The van der Waals surface area contributed by atoms with Crippen molar-refractivity contribution in [1.29, 1.82) is 0 Å². The molecule has 0 radical (unpaired) electrons. The van der Waals surface area contributed by atoms with E-state index in [9.17, 15) is 14.7 Å². The number of amides is 1. The first kappa shape index (κ1) is 22.9. The maximum Gasteiger partial charge on any atom is 0.290 e. The third-order valence-electron chi connectivity index (χ3n) is 5.73. The predicted octanol–water partition coefficient (Wildman–Crippen LogP) is 5.59. The number of hydrogen-bond acceptors (Lipinski definition) is 6. The van der Waals surface area contributed by atoms with Crippen molar-refractivity contribution in [3.05, 3.63) is 69.6 Å². The van der Waals surface area contributed by atoms with Crippen LogP contribution in [0.25, 0.3) is 11.0 Å². The van der Waals surface area contributed by atoms with E-state index in [4.69, 9.17) is 13.9 Å². The number of rotatable bonds is 8. The second-order valence-corrected chi connectivity index (χ2v) is 8.64. The third-order valence-corrected chi connectivity index (χ3v) is 6.22. The smallest absolute Gasteiger partial charge is 0.290 e. The first-order chi connectivity index (χ1) is 15.9. The summed E-state index contributed by atoms with van der Waals surface area (Å²) in [5.41, 5.74) is 1.04. The summed E-state index contributed by atoms with van der Waals surface area (Å²) in [4.78, 5) is 28.2. The van der Waals surface area contributed by atoms with Crippen molar-refractivity contribution in [2.45, 2.75) is 25.8 Å². The summed E-state index contributed by atoms with van der Waals surface area (Å²) >= 11 is 3.41. The zero-order chi connectivity index (χ0) is 23.7. The van der Waals surface area contributed by atoms with Crippen molar-refractivity contribution in [2.75, 3.05) is 20.8 Å². The number of halogens is 1. The fourth-order valence-electron chi connectivity index (χ4n) is 4.15. The highest BCUT2D eigenvalue weighted by Gasteiger charge is 2.45. The molecule has 0 fully saturated rings. The van der Waals surface area contributed by atoms with Gasteiger partial charge in [0.25, 0.3) is 5.91 Å². The molecule has 1 aliphatic heterocycles. The quantitative estimate of drug-likeness (QED) is 0.395. The summed E-state index contributed by atoms with van der Waals surface area (Å²) in [6, 6.07) is 11.4. The molecule has 1 aromatic heterocycles. The zero-order valence-corrected chi connectivity index (χ0v) is 20.1. The van der Waals surface area contributed by atoms with E-state index in [0.29, 0.717) is 35.6 Å². The SMILES string of the molecule is CCCCN1C(=O)C(O)=C(C(=O)c2cc3cc(Br)ccc3o2)C1c1cccc(OC)c1OC. The second-order valence-electron chi connectivity index (χ2n) is 7.72. The van der Waals surface area contributed by atoms with E-state index in [1.807, 2.05) is 19.1 Å². The van der Waals surface area contributed by atoms with Crippen molar-refractivity contribution >= 4 is 38.6 Å². The van der Waals surface area contributed by atoms with Gasteiger partial charge in [0.2, 0.25) is 5.78 Å². The number of hydrogen-bond donors (Lipinski definition) is 1. The average Bonchev–Trinajstić information content (AvgIpc) is 3.35. The van der Waals surface area contributed by atoms with E-state index in [2.05, 4.69) is 15.9 Å². The van der Waals surface area contributed by atoms with Crippen molar-refractivity contribution in [1.82, 2.24) is 4.90 Å². The number of ketones is 1. The van der Waals surface area contributed by atoms with Crippen molar-refractivity contribution in [3.63, 3.8) is 0 Å². The highest BCUT2D eigenvalue weighted by atomic mass is 79.9. The van der Waals surface area contributed by atoms with Crippen LogP contribution in [0.5, 0.6) is 11.5 Å². The number of unbranched alkanes of at least 4 members (excludes halogenated alkanes) is 1. The number of ether oxygens (including phenoxy) is 2. The number of aliphatic hydroxyl groups is 1. The second kappa shape index (κ2) is 9.31. The van der Waals surface area contributed by atoms with Crippen LogP contribution in [0.4, 0.5) is 0 Å². The van der Waals surface area contributed by atoms with Crippen molar-refractivity contribution < 1.29 is 28.6 Å². The van der Waals surface area contributed by atoms with Crippen LogP contribution in [-0.2, 0) is 4.79 Å². The molecule has 7 nitrogen and oxygen atoms in total. The van der Waals surface area contributed by atoms with Gasteiger partial charge in [0.05, 0.1) is 25.8 Å². The molecule has 0 saturated carbocycles. The summed E-state index contributed by atoms with van der Waals surface area (Å²) in [6.07, 6.45) is 1.55. The Kier molecular flexibility index (Phi) is 6.47. The van der Waals surface area contributed by atoms with Crippen LogP contribution in [0.1, 0.15) is 41.9 Å². The van der Waals surface area contributed by atoms with Gasteiger partial charge in [-0.05, 0) is 36.8 Å².